The summed E-state index contributed by atoms with van der Waals surface area (Å²) in [5, 5.41) is 0. The molecule has 2 saturated carbocycles. The number of esters is 3. The summed E-state index contributed by atoms with van der Waals surface area (Å²) in [6, 6.07) is 11.9. The molecule has 0 radical (unpaired) electrons. The van der Waals surface area contributed by atoms with Crippen LogP contribution in [0.2, 0.25) is 0 Å². The summed E-state index contributed by atoms with van der Waals surface area (Å²) in [5.41, 5.74) is 4.53. The van der Waals surface area contributed by atoms with Crippen LogP contribution < -0.4 is 9.47 Å². The fourth-order valence-corrected chi connectivity index (χ4v) is 6.33. The van der Waals surface area contributed by atoms with Gasteiger partial charge >= 0.3 is 17.9 Å². The number of fused-ring (bicyclic) bond motifs is 3. The van der Waals surface area contributed by atoms with Crippen LogP contribution in [-0.2, 0) is 38.1 Å². The smallest absolute Gasteiger partial charge is 0.332 e. The molecule has 0 saturated heterocycles. The van der Waals surface area contributed by atoms with Gasteiger partial charge in [-0.2, -0.15) is 0 Å². The standard InChI is InChI=1S/C36H42O10/c1-4-34(37)44-21-41-25-8-6-24(7-9-25)36(39)46-29-15-17-31-30-16-14-28(18-32(30)23(3)33(31)19-29)43-20-40-26-10-12-27(13-11-26)42-22-45-35(38)5-2/h4-5,14-19,23-27H,1-2,6-13,20-22H2,3H3. The molecule has 0 amide bonds. The molecule has 0 bridgehead atoms. The number of carbonyl (C=O) groups is 3. The minimum absolute atomic E-state index is 0.0469. The minimum Gasteiger partial charge on any atom is -0.468 e. The van der Waals surface area contributed by atoms with Crippen LogP contribution in [0.15, 0.2) is 61.7 Å². The number of benzene rings is 2. The van der Waals surface area contributed by atoms with Crippen molar-refractivity contribution in [3.8, 4) is 22.6 Å². The highest BCUT2D eigenvalue weighted by molar-refractivity contribution is 5.82. The molecule has 0 aliphatic heterocycles. The fraction of sp³-hybridized carbons (Fsp3) is 0.472. The van der Waals surface area contributed by atoms with Crippen LogP contribution in [0.25, 0.3) is 11.1 Å². The summed E-state index contributed by atoms with van der Waals surface area (Å²) in [6.45, 7) is 8.85. The van der Waals surface area contributed by atoms with E-state index in [-0.39, 0.29) is 56.5 Å². The summed E-state index contributed by atoms with van der Waals surface area (Å²) in [6.07, 6.45) is 8.35. The normalized spacial score (nSPS) is 23.4. The van der Waals surface area contributed by atoms with Crippen LogP contribution in [0.5, 0.6) is 11.5 Å². The predicted octanol–water partition coefficient (Wildman–Crippen LogP) is 6.35. The number of hydrogen-bond acceptors (Lipinski definition) is 10. The van der Waals surface area contributed by atoms with E-state index in [0.29, 0.717) is 31.4 Å². The second-order valence-corrected chi connectivity index (χ2v) is 11.8. The number of carbonyl (C=O) groups excluding carboxylic acids is 3. The quantitative estimate of drug-likeness (QED) is 0.101. The highest BCUT2D eigenvalue weighted by atomic mass is 16.7. The van der Waals surface area contributed by atoms with Gasteiger partial charge in [0.05, 0.1) is 24.2 Å². The van der Waals surface area contributed by atoms with E-state index in [1.165, 1.54) is 0 Å². The maximum absolute atomic E-state index is 13.0. The van der Waals surface area contributed by atoms with Crippen molar-refractivity contribution in [1.29, 1.82) is 0 Å². The largest absolute Gasteiger partial charge is 0.468 e. The summed E-state index contributed by atoms with van der Waals surface area (Å²) in [4.78, 5) is 35.3. The Balaban J connectivity index is 1.06. The molecule has 0 spiro atoms. The Morgan fingerprint density at radius 3 is 1.65 bits per heavy atom. The molecule has 0 heterocycles. The molecular formula is C36H42O10. The summed E-state index contributed by atoms with van der Waals surface area (Å²) >= 11 is 0. The molecule has 3 aliphatic rings. The van der Waals surface area contributed by atoms with Gasteiger partial charge in [0.25, 0.3) is 0 Å². The Kier molecular flexibility index (Phi) is 11.6. The zero-order chi connectivity index (χ0) is 32.5. The van der Waals surface area contributed by atoms with Gasteiger partial charge in [-0.15, -0.1) is 0 Å². The average molecular weight is 635 g/mol. The van der Waals surface area contributed by atoms with Gasteiger partial charge in [-0.25, -0.2) is 9.59 Å². The van der Waals surface area contributed by atoms with Crippen LogP contribution in [-0.4, -0.2) is 56.6 Å². The molecule has 0 aromatic heterocycles. The molecule has 2 aromatic rings. The Labute approximate surface area is 269 Å². The lowest BCUT2D eigenvalue weighted by Gasteiger charge is -2.28. The van der Waals surface area contributed by atoms with Crippen molar-refractivity contribution in [3.63, 3.8) is 0 Å². The van der Waals surface area contributed by atoms with Crippen LogP contribution in [0, 0.1) is 5.92 Å². The van der Waals surface area contributed by atoms with Crippen molar-refractivity contribution < 1.29 is 47.5 Å². The summed E-state index contributed by atoms with van der Waals surface area (Å²) in [7, 11) is 0. The number of hydrogen-bond donors (Lipinski definition) is 0. The Bertz CT molecular complexity index is 1400. The average Bonchev–Trinajstić information content (AvgIpc) is 3.35. The first-order valence-electron chi connectivity index (χ1n) is 15.9. The van der Waals surface area contributed by atoms with Gasteiger partial charge < -0.3 is 33.2 Å². The lowest BCUT2D eigenvalue weighted by atomic mass is 9.87. The second-order valence-electron chi connectivity index (χ2n) is 11.8. The van der Waals surface area contributed by atoms with Crippen LogP contribution in [0.3, 0.4) is 0 Å². The number of ether oxygens (including phenoxy) is 7. The lowest BCUT2D eigenvalue weighted by Crippen LogP contribution is -2.29. The van der Waals surface area contributed by atoms with E-state index in [1.54, 1.807) is 0 Å². The zero-order valence-electron chi connectivity index (χ0n) is 26.3. The maximum Gasteiger partial charge on any atom is 0.332 e. The maximum atomic E-state index is 13.0. The van der Waals surface area contributed by atoms with E-state index in [4.69, 9.17) is 33.2 Å². The second kappa shape index (κ2) is 16.0. The third-order valence-corrected chi connectivity index (χ3v) is 8.99. The van der Waals surface area contributed by atoms with E-state index in [9.17, 15) is 14.4 Å². The predicted molar refractivity (Wildman–Crippen MR) is 168 cm³/mol. The molecule has 10 heteroatoms. The van der Waals surface area contributed by atoms with Gasteiger partial charge in [-0.3, -0.25) is 4.79 Å². The van der Waals surface area contributed by atoms with Crippen molar-refractivity contribution in [2.45, 2.75) is 82.5 Å². The monoisotopic (exact) mass is 634 g/mol. The SMILES string of the molecule is C=CC(=O)OCOC1CCC(OCOc2ccc3c(c2)C(C)c2cc(OC(=O)C4CCC(OCOC(=O)C=C)CC4)ccc2-3)CC1. The van der Waals surface area contributed by atoms with Crippen molar-refractivity contribution in [3.05, 3.63) is 72.8 Å². The molecule has 3 aliphatic carbocycles. The zero-order valence-corrected chi connectivity index (χ0v) is 26.3. The van der Waals surface area contributed by atoms with E-state index < -0.39 is 11.9 Å². The first-order valence-corrected chi connectivity index (χ1v) is 15.9. The van der Waals surface area contributed by atoms with Crippen molar-refractivity contribution in [2.75, 3.05) is 20.4 Å². The third kappa shape index (κ3) is 8.63. The minimum atomic E-state index is -0.520. The highest BCUT2D eigenvalue weighted by Crippen LogP contribution is 2.47. The van der Waals surface area contributed by atoms with E-state index in [0.717, 1.165) is 65.8 Å². The third-order valence-electron chi connectivity index (χ3n) is 8.99. The first-order chi connectivity index (χ1) is 22.3. The van der Waals surface area contributed by atoms with Gasteiger partial charge in [0.2, 0.25) is 0 Å². The van der Waals surface area contributed by atoms with Gasteiger partial charge in [0, 0.05) is 18.1 Å². The molecule has 2 aromatic carbocycles. The highest BCUT2D eigenvalue weighted by Gasteiger charge is 2.30. The van der Waals surface area contributed by atoms with E-state index in [1.807, 2.05) is 24.3 Å². The van der Waals surface area contributed by atoms with Crippen LogP contribution in [0.4, 0.5) is 0 Å². The molecule has 2 fully saturated rings. The van der Waals surface area contributed by atoms with Crippen molar-refractivity contribution >= 4 is 17.9 Å². The molecule has 246 valence electrons. The Morgan fingerprint density at radius 1 is 0.674 bits per heavy atom. The molecule has 1 unspecified atom stereocenters. The van der Waals surface area contributed by atoms with Gasteiger partial charge in [0.15, 0.2) is 20.4 Å². The van der Waals surface area contributed by atoms with Gasteiger partial charge in [0.1, 0.15) is 11.5 Å². The number of rotatable bonds is 14. The topological polar surface area (TPSA) is 116 Å². The lowest BCUT2D eigenvalue weighted by molar-refractivity contribution is -0.159. The van der Waals surface area contributed by atoms with Gasteiger partial charge in [-0.1, -0.05) is 32.2 Å². The van der Waals surface area contributed by atoms with E-state index in [2.05, 4.69) is 32.2 Å². The van der Waals surface area contributed by atoms with Crippen LogP contribution >= 0.6 is 0 Å². The van der Waals surface area contributed by atoms with E-state index >= 15 is 0 Å². The molecule has 46 heavy (non-hydrogen) atoms. The molecular weight excluding hydrogens is 592 g/mol. The fourth-order valence-electron chi connectivity index (χ4n) is 6.33. The molecule has 1 atom stereocenters. The van der Waals surface area contributed by atoms with Crippen molar-refractivity contribution in [2.24, 2.45) is 5.92 Å². The Morgan fingerprint density at radius 2 is 1.13 bits per heavy atom. The molecule has 0 N–H and O–H groups in total. The summed E-state index contributed by atoms with van der Waals surface area (Å²) in [5.74, 6) is -0.0477. The summed E-state index contributed by atoms with van der Waals surface area (Å²) < 4.78 is 38.8. The molecule has 5 rings (SSSR count). The first kappa shape index (κ1) is 33.4. The van der Waals surface area contributed by atoms with Gasteiger partial charge in [-0.05, 0) is 97.9 Å². The Hall–Kier alpha value is -3.99. The van der Waals surface area contributed by atoms with Crippen LogP contribution in [0.1, 0.15) is 75.3 Å². The molecule has 10 nitrogen and oxygen atoms in total. The van der Waals surface area contributed by atoms with Crippen molar-refractivity contribution in [1.82, 2.24) is 0 Å².